The van der Waals surface area contributed by atoms with Crippen molar-refractivity contribution >= 4 is 40.3 Å². The van der Waals surface area contributed by atoms with Gasteiger partial charge in [0.2, 0.25) is 17.7 Å². The zero-order chi connectivity index (χ0) is 20.7. The second kappa shape index (κ2) is 10.2. The number of benzene rings is 2. The molecule has 0 radical (unpaired) electrons. The van der Waals surface area contributed by atoms with Gasteiger partial charge in [0.15, 0.2) is 0 Å². The molecule has 4 N–H and O–H groups in total. The normalized spacial score (nSPS) is 12.7. The Bertz CT molecular complexity index is 875. The van der Waals surface area contributed by atoms with Gasteiger partial charge in [0.05, 0.1) is 0 Å². The van der Waals surface area contributed by atoms with Gasteiger partial charge in [-0.25, -0.2) is 4.39 Å². The third kappa shape index (κ3) is 6.29. The van der Waals surface area contributed by atoms with Crippen molar-refractivity contribution in [3.8, 4) is 0 Å². The molecule has 2 aromatic rings. The summed E-state index contributed by atoms with van der Waals surface area (Å²) in [6.07, 6.45) is 0.166. The molecular formula is C20H21FIN3O3. The summed E-state index contributed by atoms with van der Waals surface area (Å²) in [7, 11) is 0. The van der Waals surface area contributed by atoms with E-state index >= 15 is 0 Å². The van der Waals surface area contributed by atoms with E-state index in [9.17, 15) is 18.8 Å². The number of hydrogen-bond acceptors (Lipinski definition) is 3. The van der Waals surface area contributed by atoms with Gasteiger partial charge < -0.3 is 16.4 Å². The molecule has 0 aliphatic heterocycles. The number of hydrogen-bond donors (Lipinski definition) is 3. The SMILES string of the molecule is CC(=O)N[C@@H](Cc1ccccc1F)C(=O)N[C@@H](Cc1ccccc1I)C(N)=O. The third-order valence-corrected chi connectivity index (χ3v) is 5.17. The predicted octanol–water partition coefficient (Wildman–Crippen LogP) is 1.69. The average molecular weight is 497 g/mol. The van der Waals surface area contributed by atoms with E-state index in [0.29, 0.717) is 0 Å². The van der Waals surface area contributed by atoms with E-state index in [1.807, 2.05) is 24.3 Å². The molecule has 0 aromatic heterocycles. The van der Waals surface area contributed by atoms with Gasteiger partial charge in [-0.15, -0.1) is 0 Å². The minimum Gasteiger partial charge on any atom is -0.368 e. The number of carbonyl (C=O) groups excluding carboxylic acids is 3. The lowest BCUT2D eigenvalue weighted by Gasteiger charge is -2.22. The summed E-state index contributed by atoms with van der Waals surface area (Å²) in [5.74, 6) is -2.21. The summed E-state index contributed by atoms with van der Waals surface area (Å²) in [5.41, 5.74) is 6.60. The molecule has 2 rings (SSSR count). The molecule has 148 valence electrons. The van der Waals surface area contributed by atoms with Crippen molar-refractivity contribution < 1.29 is 18.8 Å². The van der Waals surface area contributed by atoms with Crippen molar-refractivity contribution in [1.29, 1.82) is 0 Å². The van der Waals surface area contributed by atoms with Gasteiger partial charge in [-0.2, -0.15) is 0 Å². The molecule has 0 fully saturated rings. The minimum absolute atomic E-state index is 0.0492. The molecule has 0 unspecified atom stereocenters. The molecule has 0 heterocycles. The summed E-state index contributed by atoms with van der Waals surface area (Å²) < 4.78 is 14.9. The summed E-state index contributed by atoms with van der Waals surface area (Å²) in [6, 6.07) is 11.4. The van der Waals surface area contributed by atoms with E-state index in [0.717, 1.165) is 9.13 Å². The Morgan fingerprint density at radius 2 is 1.54 bits per heavy atom. The van der Waals surface area contributed by atoms with Gasteiger partial charge in [0, 0.05) is 23.3 Å². The maximum absolute atomic E-state index is 14.0. The molecule has 0 bridgehead atoms. The first-order valence-electron chi connectivity index (χ1n) is 8.61. The zero-order valence-electron chi connectivity index (χ0n) is 15.2. The fourth-order valence-corrected chi connectivity index (χ4v) is 3.33. The standard InChI is InChI=1S/C20H21FIN3O3/c1-12(26)24-18(10-13-6-2-4-8-15(13)21)20(28)25-17(19(23)27)11-14-7-3-5-9-16(14)22/h2-9,17-18H,10-11H2,1H3,(H2,23,27)(H,24,26)(H,25,28)/t17-,18-/m0/s1. The van der Waals surface area contributed by atoms with Gasteiger partial charge in [0.1, 0.15) is 17.9 Å². The number of carbonyl (C=O) groups is 3. The highest BCUT2D eigenvalue weighted by Gasteiger charge is 2.26. The van der Waals surface area contributed by atoms with Gasteiger partial charge in [-0.3, -0.25) is 14.4 Å². The smallest absolute Gasteiger partial charge is 0.243 e. The number of nitrogens with one attached hydrogen (secondary N) is 2. The summed E-state index contributed by atoms with van der Waals surface area (Å²) in [5, 5.41) is 5.09. The Morgan fingerprint density at radius 3 is 2.11 bits per heavy atom. The summed E-state index contributed by atoms with van der Waals surface area (Å²) >= 11 is 2.14. The van der Waals surface area contributed by atoms with Crippen LogP contribution in [0.3, 0.4) is 0 Å². The van der Waals surface area contributed by atoms with Crippen molar-refractivity contribution in [2.24, 2.45) is 5.73 Å². The number of halogens is 2. The fourth-order valence-electron chi connectivity index (χ4n) is 2.72. The monoisotopic (exact) mass is 497 g/mol. The van der Waals surface area contributed by atoms with Crippen LogP contribution in [0.4, 0.5) is 4.39 Å². The lowest BCUT2D eigenvalue weighted by atomic mass is 10.0. The topological polar surface area (TPSA) is 101 Å². The van der Waals surface area contributed by atoms with Crippen molar-refractivity contribution in [2.75, 3.05) is 0 Å². The van der Waals surface area contributed by atoms with Crippen LogP contribution in [0.2, 0.25) is 0 Å². The summed E-state index contributed by atoms with van der Waals surface area (Å²) in [6.45, 7) is 1.26. The maximum Gasteiger partial charge on any atom is 0.243 e. The van der Waals surface area contributed by atoms with E-state index in [1.165, 1.54) is 25.1 Å². The highest BCUT2D eigenvalue weighted by molar-refractivity contribution is 14.1. The molecule has 0 aliphatic carbocycles. The molecule has 2 atom stereocenters. The third-order valence-electron chi connectivity index (χ3n) is 4.12. The number of nitrogens with two attached hydrogens (primary N) is 1. The van der Waals surface area contributed by atoms with Crippen molar-refractivity contribution in [3.05, 3.63) is 69.0 Å². The molecule has 0 saturated carbocycles. The van der Waals surface area contributed by atoms with E-state index in [1.54, 1.807) is 6.07 Å². The molecule has 0 saturated heterocycles. The molecule has 8 heteroatoms. The number of rotatable bonds is 8. The van der Waals surface area contributed by atoms with Crippen LogP contribution < -0.4 is 16.4 Å². The average Bonchev–Trinajstić information content (AvgIpc) is 2.63. The lowest BCUT2D eigenvalue weighted by molar-refractivity contribution is -0.130. The minimum atomic E-state index is -1.04. The van der Waals surface area contributed by atoms with Crippen LogP contribution in [0, 0.1) is 9.39 Å². The fraction of sp³-hybridized carbons (Fsp3) is 0.250. The lowest BCUT2D eigenvalue weighted by Crippen LogP contribution is -2.54. The first-order chi connectivity index (χ1) is 13.3. The molecule has 0 spiro atoms. The highest BCUT2D eigenvalue weighted by Crippen LogP contribution is 2.14. The second-order valence-corrected chi connectivity index (χ2v) is 7.47. The van der Waals surface area contributed by atoms with Crippen LogP contribution in [-0.2, 0) is 27.2 Å². The van der Waals surface area contributed by atoms with Gasteiger partial charge in [-0.1, -0.05) is 36.4 Å². The van der Waals surface area contributed by atoms with Crippen LogP contribution >= 0.6 is 22.6 Å². The molecule has 0 aliphatic rings. The van der Waals surface area contributed by atoms with E-state index in [4.69, 9.17) is 5.73 Å². The van der Waals surface area contributed by atoms with Crippen molar-refractivity contribution in [3.63, 3.8) is 0 Å². The summed E-state index contributed by atoms with van der Waals surface area (Å²) in [4.78, 5) is 36.1. The van der Waals surface area contributed by atoms with E-state index < -0.39 is 35.6 Å². The van der Waals surface area contributed by atoms with Crippen LogP contribution in [-0.4, -0.2) is 29.8 Å². The maximum atomic E-state index is 14.0. The van der Waals surface area contributed by atoms with Gasteiger partial charge >= 0.3 is 0 Å². The van der Waals surface area contributed by atoms with Crippen molar-refractivity contribution in [2.45, 2.75) is 31.8 Å². The molecular weight excluding hydrogens is 476 g/mol. The van der Waals surface area contributed by atoms with Crippen LogP contribution in [0.1, 0.15) is 18.1 Å². The van der Waals surface area contributed by atoms with Gasteiger partial charge in [-0.05, 0) is 45.9 Å². The zero-order valence-corrected chi connectivity index (χ0v) is 17.4. The molecule has 6 nitrogen and oxygen atoms in total. The van der Waals surface area contributed by atoms with Crippen LogP contribution in [0.25, 0.3) is 0 Å². The second-order valence-electron chi connectivity index (χ2n) is 6.31. The van der Waals surface area contributed by atoms with Crippen LogP contribution in [0.5, 0.6) is 0 Å². The number of primary amides is 1. The highest BCUT2D eigenvalue weighted by atomic mass is 127. The molecule has 3 amide bonds. The largest absolute Gasteiger partial charge is 0.368 e. The van der Waals surface area contributed by atoms with E-state index in [-0.39, 0.29) is 18.4 Å². The van der Waals surface area contributed by atoms with Gasteiger partial charge in [0.25, 0.3) is 0 Å². The quantitative estimate of drug-likeness (QED) is 0.484. The molecule has 28 heavy (non-hydrogen) atoms. The van der Waals surface area contributed by atoms with Crippen LogP contribution in [0.15, 0.2) is 48.5 Å². The Balaban J connectivity index is 2.17. The Morgan fingerprint density at radius 1 is 0.964 bits per heavy atom. The predicted molar refractivity (Wildman–Crippen MR) is 112 cm³/mol. The first-order valence-corrected chi connectivity index (χ1v) is 9.69. The Labute approximate surface area is 176 Å². The van der Waals surface area contributed by atoms with E-state index in [2.05, 4.69) is 33.2 Å². The number of amides is 3. The Kier molecular flexibility index (Phi) is 7.91. The van der Waals surface area contributed by atoms with Crippen molar-refractivity contribution in [1.82, 2.24) is 10.6 Å². The Hall–Kier alpha value is -2.49. The molecule has 2 aromatic carbocycles. The first kappa shape index (κ1) is 21.8.